The average Bonchev–Trinajstić information content (AvgIpc) is 3.39. The standard InChI is InChI=1S/C21H21F3N2O2/c1-26(2)11-12-27-25-19-16-5-3-4-6-18(16)28-20(13-17(19)20)14-7-9-15(10-8-14)21(22,23)24/h3-10,17H,11-13H2,1-2H3. The molecule has 1 saturated carbocycles. The van der Waals surface area contributed by atoms with Crippen molar-refractivity contribution >= 4 is 5.71 Å². The van der Waals surface area contributed by atoms with E-state index in [1.165, 1.54) is 12.1 Å². The Hall–Kier alpha value is -2.54. The number of hydrogen-bond acceptors (Lipinski definition) is 4. The maximum absolute atomic E-state index is 12.9. The molecule has 2 aliphatic rings. The van der Waals surface area contributed by atoms with E-state index in [-0.39, 0.29) is 5.92 Å². The van der Waals surface area contributed by atoms with Gasteiger partial charge in [-0.3, -0.25) is 0 Å². The van der Waals surface area contributed by atoms with Gasteiger partial charge in [-0.15, -0.1) is 0 Å². The molecule has 1 aliphatic carbocycles. The quantitative estimate of drug-likeness (QED) is 0.564. The third-order valence-corrected chi connectivity index (χ3v) is 5.19. The number of fused-ring (bicyclic) bond motifs is 2. The Morgan fingerprint density at radius 3 is 2.54 bits per heavy atom. The maximum atomic E-state index is 12.9. The van der Waals surface area contributed by atoms with Gasteiger partial charge in [0.05, 0.1) is 17.2 Å². The summed E-state index contributed by atoms with van der Waals surface area (Å²) in [5.74, 6) is 0.629. The summed E-state index contributed by atoms with van der Waals surface area (Å²) in [5, 5.41) is 4.38. The van der Waals surface area contributed by atoms with Crippen LogP contribution in [-0.2, 0) is 16.6 Å². The Kier molecular flexibility index (Phi) is 4.57. The van der Waals surface area contributed by atoms with E-state index in [0.29, 0.717) is 18.8 Å². The molecule has 1 heterocycles. The Morgan fingerprint density at radius 1 is 1.14 bits per heavy atom. The van der Waals surface area contributed by atoms with Crippen molar-refractivity contribution in [3.8, 4) is 5.75 Å². The summed E-state index contributed by atoms with van der Waals surface area (Å²) in [6, 6.07) is 12.8. The first-order valence-electron chi connectivity index (χ1n) is 9.12. The molecule has 7 heteroatoms. The van der Waals surface area contributed by atoms with E-state index in [0.717, 1.165) is 35.5 Å². The van der Waals surface area contributed by atoms with Crippen molar-refractivity contribution in [1.29, 1.82) is 0 Å². The predicted octanol–water partition coefficient (Wildman–Crippen LogP) is 4.30. The first-order chi connectivity index (χ1) is 13.3. The van der Waals surface area contributed by atoms with Crippen LogP contribution in [0.15, 0.2) is 53.7 Å². The van der Waals surface area contributed by atoms with Gasteiger partial charge in [0.2, 0.25) is 0 Å². The SMILES string of the molecule is CN(C)CCON=C1c2ccccc2OC2(c3ccc(C(F)(F)F)cc3)CC12. The van der Waals surface area contributed by atoms with Gasteiger partial charge in [0.15, 0.2) is 0 Å². The van der Waals surface area contributed by atoms with Gasteiger partial charge in [0.25, 0.3) is 0 Å². The first-order valence-corrected chi connectivity index (χ1v) is 9.12. The highest BCUT2D eigenvalue weighted by Crippen LogP contribution is 2.60. The Bertz CT molecular complexity index is 893. The highest BCUT2D eigenvalue weighted by atomic mass is 19.4. The van der Waals surface area contributed by atoms with Crippen LogP contribution in [-0.4, -0.2) is 37.9 Å². The molecule has 148 valence electrons. The molecule has 28 heavy (non-hydrogen) atoms. The number of alkyl halides is 3. The average molecular weight is 390 g/mol. The van der Waals surface area contributed by atoms with Crippen LogP contribution in [0.3, 0.4) is 0 Å². The van der Waals surface area contributed by atoms with Crippen LogP contribution in [0.25, 0.3) is 0 Å². The lowest BCUT2D eigenvalue weighted by molar-refractivity contribution is -0.137. The fourth-order valence-electron chi connectivity index (χ4n) is 3.60. The molecule has 0 aromatic heterocycles. The predicted molar refractivity (Wildman–Crippen MR) is 99.3 cm³/mol. The molecule has 0 bridgehead atoms. The van der Waals surface area contributed by atoms with Crippen molar-refractivity contribution in [2.75, 3.05) is 27.2 Å². The van der Waals surface area contributed by atoms with Gasteiger partial charge >= 0.3 is 6.18 Å². The highest BCUT2D eigenvalue weighted by Gasteiger charge is 2.64. The molecule has 0 radical (unpaired) electrons. The third kappa shape index (κ3) is 3.35. The van der Waals surface area contributed by atoms with Crippen molar-refractivity contribution < 1.29 is 22.7 Å². The summed E-state index contributed by atoms with van der Waals surface area (Å²) in [4.78, 5) is 7.53. The van der Waals surface area contributed by atoms with E-state index in [9.17, 15) is 13.2 Å². The molecule has 2 aromatic carbocycles. The fourth-order valence-corrected chi connectivity index (χ4v) is 3.60. The van der Waals surface area contributed by atoms with E-state index in [1.54, 1.807) is 0 Å². The van der Waals surface area contributed by atoms with Gasteiger partial charge in [-0.25, -0.2) is 0 Å². The first kappa shape index (κ1) is 18.8. The van der Waals surface area contributed by atoms with Crippen LogP contribution < -0.4 is 4.74 Å². The molecule has 4 rings (SSSR count). The number of rotatable bonds is 5. The molecular weight excluding hydrogens is 369 g/mol. The van der Waals surface area contributed by atoms with Gasteiger partial charge in [-0.05, 0) is 43.9 Å². The Morgan fingerprint density at radius 2 is 1.86 bits per heavy atom. The minimum atomic E-state index is -4.36. The highest BCUT2D eigenvalue weighted by molar-refractivity contribution is 6.08. The lowest BCUT2D eigenvalue weighted by Gasteiger charge is -2.27. The molecule has 1 fully saturated rings. The second-order valence-electron chi connectivity index (χ2n) is 7.43. The van der Waals surface area contributed by atoms with Crippen molar-refractivity contribution in [3.05, 3.63) is 65.2 Å². The van der Waals surface area contributed by atoms with Crippen LogP contribution in [0.4, 0.5) is 13.2 Å². The van der Waals surface area contributed by atoms with E-state index < -0.39 is 17.3 Å². The molecule has 4 nitrogen and oxygen atoms in total. The lowest BCUT2D eigenvalue weighted by Crippen LogP contribution is -2.28. The zero-order valence-corrected chi connectivity index (χ0v) is 15.7. The number of hydrogen-bond donors (Lipinski definition) is 0. The Labute approximate surface area is 161 Å². The zero-order chi connectivity index (χ0) is 19.9. The topological polar surface area (TPSA) is 34.1 Å². The summed E-state index contributed by atoms with van der Waals surface area (Å²) >= 11 is 0. The molecule has 2 aromatic rings. The summed E-state index contributed by atoms with van der Waals surface area (Å²) in [7, 11) is 3.91. The van der Waals surface area contributed by atoms with Crippen LogP contribution in [0.1, 0.15) is 23.1 Å². The minimum absolute atomic E-state index is 0.0431. The molecule has 2 unspecified atom stereocenters. The number of oxime groups is 1. The Balaban J connectivity index is 1.63. The number of benzene rings is 2. The van der Waals surface area contributed by atoms with Crippen molar-refractivity contribution in [1.82, 2.24) is 4.90 Å². The molecule has 0 amide bonds. The minimum Gasteiger partial charge on any atom is -0.481 e. The summed E-state index contributed by atoms with van der Waals surface area (Å²) in [5.41, 5.74) is 1.04. The van der Waals surface area contributed by atoms with Crippen LogP contribution in [0, 0.1) is 5.92 Å². The van der Waals surface area contributed by atoms with Crippen LogP contribution in [0.2, 0.25) is 0 Å². The molecule has 1 aliphatic heterocycles. The van der Waals surface area contributed by atoms with Crippen LogP contribution >= 0.6 is 0 Å². The second-order valence-corrected chi connectivity index (χ2v) is 7.43. The van der Waals surface area contributed by atoms with E-state index in [2.05, 4.69) is 5.16 Å². The second kappa shape index (κ2) is 6.81. The maximum Gasteiger partial charge on any atom is 0.416 e. The van der Waals surface area contributed by atoms with Crippen molar-refractivity contribution in [2.45, 2.75) is 18.2 Å². The van der Waals surface area contributed by atoms with Crippen molar-refractivity contribution in [2.24, 2.45) is 11.1 Å². The zero-order valence-electron chi connectivity index (χ0n) is 15.7. The van der Waals surface area contributed by atoms with Crippen molar-refractivity contribution in [3.63, 3.8) is 0 Å². The molecule has 0 N–H and O–H groups in total. The molecular formula is C21H21F3N2O2. The monoisotopic (exact) mass is 390 g/mol. The molecule has 0 spiro atoms. The van der Waals surface area contributed by atoms with E-state index >= 15 is 0 Å². The number of para-hydroxylation sites is 1. The normalized spacial score (nSPS) is 24.5. The van der Waals surface area contributed by atoms with Gasteiger partial charge in [0.1, 0.15) is 18.0 Å². The fraction of sp³-hybridized carbons (Fsp3) is 0.381. The number of ether oxygens (including phenoxy) is 1. The van der Waals surface area contributed by atoms with Gasteiger partial charge in [-0.1, -0.05) is 29.4 Å². The number of nitrogens with zero attached hydrogens (tertiary/aromatic N) is 2. The van der Waals surface area contributed by atoms with Crippen LogP contribution in [0.5, 0.6) is 5.75 Å². The van der Waals surface area contributed by atoms with Gasteiger partial charge in [0, 0.05) is 18.5 Å². The summed E-state index contributed by atoms with van der Waals surface area (Å²) in [6.07, 6.45) is -3.70. The summed E-state index contributed by atoms with van der Waals surface area (Å²) < 4.78 is 44.9. The number of halogens is 3. The summed E-state index contributed by atoms with van der Waals surface area (Å²) in [6.45, 7) is 1.20. The number of likely N-dealkylation sites (N-methyl/N-ethyl adjacent to an activating group) is 1. The molecule has 0 saturated heterocycles. The third-order valence-electron chi connectivity index (χ3n) is 5.19. The largest absolute Gasteiger partial charge is 0.481 e. The van der Waals surface area contributed by atoms with Gasteiger partial charge in [-0.2, -0.15) is 13.2 Å². The van der Waals surface area contributed by atoms with E-state index in [4.69, 9.17) is 9.57 Å². The lowest BCUT2D eigenvalue weighted by atomic mass is 9.95. The molecule has 2 atom stereocenters. The smallest absolute Gasteiger partial charge is 0.416 e. The van der Waals surface area contributed by atoms with E-state index in [1.807, 2.05) is 43.3 Å². The van der Waals surface area contributed by atoms with Gasteiger partial charge < -0.3 is 14.5 Å².